The first-order valence-corrected chi connectivity index (χ1v) is 8.43. The van der Waals surface area contributed by atoms with Gasteiger partial charge in [-0.25, -0.2) is 0 Å². The number of nitrogens with one attached hydrogen (secondary N) is 1. The van der Waals surface area contributed by atoms with Gasteiger partial charge in [0.1, 0.15) is 0 Å². The molecule has 1 saturated heterocycles. The second-order valence-electron chi connectivity index (χ2n) is 6.59. The summed E-state index contributed by atoms with van der Waals surface area (Å²) < 4.78 is 4.97. The van der Waals surface area contributed by atoms with Crippen molar-refractivity contribution in [3.05, 3.63) is 11.7 Å². The third kappa shape index (κ3) is 5.30. The molecule has 8 heteroatoms. The summed E-state index contributed by atoms with van der Waals surface area (Å²) in [5.41, 5.74) is 0. The summed E-state index contributed by atoms with van der Waals surface area (Å²) in [7, 11) is 0. The van der Waals surface area contributed by atoms with E-state index in [1.165, 1.54) is 0 Å². The molecule has 24 heavy (non-hydrogen) atoms. The van der Waals surface area contributed by atoms with Gasteiger partial charge in [-0.05, 0) is 20.3 Å². The number of carbonyl (C=O) groups is 2. The number of aromatic nitrogens is 2. The number of nitrogens with zero attached hydrogens (tertiary/aromatic N) is 4. The average Bonchev–Trinajstić information content (AvgIpc) is 3.10. The van der Waals surface area contributed by atoms with E-state index in [1.54, 1.807) is 18.7 Å². The average molecular weight is 337 g/mol. The van der Waals surface area contributed by atoms with Crippen molar-refractivity contribution < 1.29 is 14.1 Å². The fraction of sp³-hybridized carbons (Fsp3) is 0.750. The lowest BCUT2D eigenvalue weighted by Gasteiger charge is -2.27. The number of carbonyl (C=O) groups excluding carboxylic acids is 2. The summed E-state index contributed by atoms with van der Waals surface area (Å²) in [4.78, 5) is 31.9. The molecule has 1 fully saturated rings. The molecule has 1 aromatic heterocycles. The maximum atomic E-state index is 12.0. The van der Waals surface area contributed by atoms with Gasteiger partial charge in [0, 0.05) is 52.0 Å². The van der Waals surface area contributed by atoms with Crippen LogP contribution in [0, 0.1) is 6.92 Å². The zero-order chi connectivity index (χ0) is 17.7. The number of amides is 2. The standard InChI is InChI=1S/C16H27N5O3/c1-11(2)17-16(23)6-8-20-7-5-14(9-20)21(13(4)22)10-15-18-12(3)24-19-15/h11,14H,5-10H2,1-4H3,(H,17,23)/t14-/m1/s1. The molecule has 2 heterocycles. The molecule has 0 aromatic carbocycles. The van der Waals surface area contributed by atoms with E-state index in [0.717, 1.165) is 19.5 Å². The van der Waals surface area contributed by atoms with E-state index >= 15 is 0 Å². The highest BCUT2D eigenvalue weighted by Gasteiger charge is 2.30. The molecule has 1 aliphatic heterocycles. The smallest absolute Gasteiger partial charge is 0.223 e. The topological polar surface area (TPSA) is 91.6 Å². The monoisotopic (exact) mass is 337 g/mol. The molecule has 0 unspecified atom stereocenters. The molecule has 2 amide bonds. The first kappa shape index (κ1) is 18.4. The van der Waals surface area contributed by atoms with E-state index in [0.29, 0.717) is 31.2 Å². The summed E-state index contributed by atoms with van der Waals surface area (Å²) in [6.07, 6.45) is 1.37. The highest BCUT2D eigenvalue weighted by Crippen LogP contribution is 2.18. The Morgan fingerprint density at radius 2 is 2.21 bits per heavy atom. The maximum Gasteiger partial charge on any atom is 0.223 e. The molecule has 1 N–H and O–H groups in total. The van der Waals surface area contributed by atoms with Crippen LogP contribution in [0.5, 0.6) is 0 Å². The van der Waals surface area contributed by atoms with E-state index in [4.69, 9.17) is 4.52 Å². The number of hydrogen-bond donors (Lipinski definition) is 1. The number of likely N-dealkylation sites (tertiary alicyclic amines) is 1. The Hall–Kier alpha value is -1.96. The fourth-order valence-electron chi connectivity index (χ4n) is 2.98. The van der Waals surface area contributed by atoms with Gasteiger partial charge in [-0.2, -0.15) is 4.98 Å². The van der Waals surface area contributed by atoms with Crippen molar-refractivity contribution in [1.29, 1.82) is 0 Å². The number of aryl methyl sites for hydroxylation is 1. The second-order valence-corrected chi connectivity index (χ2v) is 6.59. The van der Waals surface area contributed by atoms with Crippen molar-refractivity contribution in [3.8, 4) is 0 Å². The van der Waals surface area contributed by atoms with Crippen LogP contribution in [-0.4, -0.2) is 63.5 Å². The molecule has 0 bridgehead atoms. The van der Waals surface area contributed by atoms with Crippen molar-refractivity contribution in [2.75, 3.05) is 19.6 Å². The third-order valence-electron chi connectivity index (χ3n) is 4.08. The largest absolute Gasteiger partial charge is 0.354 e. The Bertz CT molecular complexity index is 572. The van der Waals surface area contributed by atoms with Crippen molar-refractivity contribution in [1.82, 2.24) is 25.3 Å². The highest BCUT2D eigenvalue weighted by atomic mass is 16.5. The lowest BCUT2D eigenvalue weighted by atomic mass is 10.2. The predicted molar refractivity (Wildman–Crippen MR) is 88.0 cm³/mol. The van der Waals surface area contributed by atoms with E-state index in [1.807, 2.05) is 13.8 Å². The Kier molecular flexibility index (Phi) is 6.30. The van der Waals surface area contributed by atoms with Crippen LogP contribution in [0.25, 0.3) is 0 Å². The lowest BCUT2D eigenvalue weighted by molar-refractivity contribution is -0.131. The van der Waals surface area contributed by atoms with Gasteiger partial charge in [-0.15, -0.1) is 0 Å². The maximum absolute atomic E-state index is 12.0. The summed E-state index contributed by atoms with van der Waals surface area (Å²) >= 11 is 0. The zero-order valence-electron chi connectivity index (χ0n) is 14.9. The minimum absolute atomic E-state index is 0.00172. The third-order valence-corrected chi connectivity index (χ3v) is 4.08. The number of rotatable bonds is 7. The van der Waals surface area contributed by atoms with E-state index in [-0.39, 0.29) is 23.9 Å². The molecule has 2 rings (SSSR count). The van der Waals surface area contributed by atoms with Gasteiger partial charge < -0.3 is 19.6 Å². The number of hydrogen-bond acceptors (Lipinski definition) is 6. The first-order chi connectivity index (χ1) is 11.3. The molecular formula is C16H27N5O3. The Labute approximate surface area is 142 Å². The fourth-order valence-corrected chi connectivity index (χ4v) is 2.98. The van der Waals surface area contributed by atoms with Crippen molar-refractivity contribution in [3.63, 3.8) is 0 Å². The van der Waals surface area contributed by atoms with Gasteiger partial charge in [0.25, 0.3) is 0 Å². The van der Waals surface area contributed by atoms with Gasteiger partial charge in [0.05, 0.1) is 6.54 Å². The van der Waals surface area contributed by atoms with E-state index < -0.39 is 0 Å². The summed E-state index contributed by atoms with van der Waals surface area (Å²) in [5, 5.41) is 6.77. The Morgan fingerprint density at radius 1 is 1.46 bits per heavy atom. The lowest BCUT2D eigenvalue weighted by Crippen LogP contribution is -2.41. The van der Waals surface area contributed by atoms with Crippen LogP contribution in [0.2, 0.25) is 0 Å². The molecule has 1 atom stereocenters. The molecule has 0 saturated carbocycles. The van der Waals surface area contributed by atoms with Crippen molar-refractivity contribution >= 4 is 11.8 Å². The summed E-state index contributed by atoms with van der Waals surface area (Å²) in [5.74, 6) is 1.09. The van der Waals surface area contributed by atoms with Crippen LogP contribution >= 0.6 is 0 Å². The van der Waals surface area contributed by atoms with Crippen LogP contribution < -0.4 is 5.32 Å². The molecule has 1 aliphatic rings. The van der Waals surface area contributed by atoms with Gasteiger partial charge >= 0.3 is 0 Å². The van der Waals surface area contributed by atoms with Crippen LogP contribution in [0.4, 0.5) is 0 Å². The minimum Gasteiger partial charge on any atom is -0.354 e. The van der Waals surface area contributed by atoms with Crippen LogP contribution in [0.3, 0.4) is 0 Å². The second kappa shape index (κ2) is 8.23. The van der Waals surface area contributed by atoms with Crippen LogP contribution in [-0.2, 0) is 16.1 Å². The summed E-state index contributed by atoms with van der Waals surface area (Å²) in [6, 6.07) is 0.282. The van der Waals surface area contributed by atoms with Crippen molar-refractivity contribution in [2.45, 2.75) is 59.2 Å². The van der Waals surface area contributed by atoms with Crippen molar-refractivity contribution in [2.24, 2.45) is 0 Å². The molecule has 1 aromatic rings. The first-order valence-electron chi connectivity index (χ1n) is 8.43. The minimum atomic E-state index is 0.00172. The van der Waals surface area contributed by atoms with Crippen LogP contribution in [0.1, 0.15) is 45.3 Å². The molecule has 134 valence electrons. The summed E-state index contributed by atoms with van der Waals surface area (Å²) in [6.45, 7) is 9.92. The predicted octanol–water partition coefficient (Wildman–Crippen LogP) is 0.716. The van der Waals surface area contributed by atoms with E-state index in [9.17, 15) is 9.59 Å². The quantitative estimate of drug-likeness (QED) is 0.788. The zero-order valence-corrected chi connectivity index (χ0v) is 14.9. The van der Waals surface area contributed by atoms with Gasteiger partial charge in [0.15, 0.2) is 5.82 Å². The SMILES string of the molecule is CC(=O)N(Cc1noc(C)n1)[C@@H]1CCN(CCC(=O)NC(C)C)C1. The van der Waals surface area contributed by atoms with Gasteiger partial charge in [-0.1, -0.05) is 5.16 Å². The molecule has 8 nitrogen and oxygen atoms in total. The molecule has 0 radical (unpaired) electrons. The van der Waals surface area contributed by atoms with Gasteiger partial charge in [-0.3, -0.25) is 9.59 Å². The normalized spacial score (nSPS) is 18.1. The molecule has 0 spiro atoms. The Morgan fingerprint density at radius 3 is 2.79 bits per heavy atom. The molecule has 0 aliphatic carbocycles. The van der Waals surface area contributed by atoms with Crippen LogP contribution in [0.15, 0.2) is 4.52 Å². The molecular weight excluding hydrogens is 310 g/mol. The Balaban J connectivity index is 1.85. The van der Waals surface area contributed by atoms with Gasteiger partial charge in [0.2, 0.25) is 17.7 Å². The van der Waals surface area contributed by atoms with E-state index in [2.05, 4.69) is 20.4 Å². The highest BCUT2D eigenvalue weighted by molar-refractivity contribution is 5.76.